The summed E-state index contributed by atoms with van der Waals surface area (Å²) in [4.78, 5) is 5.16. The smallest absolute Gasteiger partial charge is 0.399 e. The highest BCUT2D eigenvalue weighted by Crippen LogP contribution is 2.36. The van der Waals surface area contributed by atoms with Crippen molar-refractivity contribution in [1.82, 2.24) is 9.80 Å². The third kappa shape index (κ3) is 3.82. The molecule has 0 radical (unpaired) electrons. The third-order valence-corrected chi connectivity index (χ3v) is 6.90. The first kappa shape index (κ1) is 19.4. The Hall–Kier alpha value is -0.945. The first-order valence-electron chi connectivity index (χ1n) is 10.4. The first-order valence-corrected chi connectivity index (χ1v) is 10.4. The molecule has 3 saturated heterocycles. The molecule has 27 heavy (non-hydrogen) atoms. The zero-order valence-corrected chi connectivity index (χ0v) is 17.1. The number of fused-ring (bicyclic) bond motifs is 1. The monoisotopic (exact) mass is 374 g/mol. The van der Waals surface area contributed by atoms with Crippen LogP contribution >= 0.6 is 0 Å². The largest absolute Gasteiger partial charge is 0.495 e. The minimum absolute atomic E-state index is 0.235. The maximum Gasteiger partial charge on any atom is 0.495 e. The second kappa shape index (κ2) is 7.14. The molecule has 6 heteroatoms. The number of rotatable bonds is 3. The van der Waals surface area contributed by atoms with Crippen LogP contribution < -0.4 is 5.46 Å². The van der Waals surface area contributed by atoms with Crippen molar-refractivity contribution in [3.63, 3.8) is 0 Å². The summed E-state index contributed by atoms with van der Waals surface area (Å²) in [6, 6.07) is 5.74. The highest BCUT2D eigenvalue weighted by molar-refractivity contribution is 6.62. The van der Waals surface area contributed by atoms with Crippen molar-refractivity contribution < 1.29 is 13.7 Å². The van der Waals surface area contributed by atoms with E-state index < -0.39 is 18.3 Å². The van der Waals surface area contributed by atoms with Crippen LogP contribution in [0.2, 0.25) is 0 Å². The predicted molar refractivity (Wildman–Crippen MR) is 107 cm³/mol. The minimum Gasteiger partial charge on any atom is -0.399 e. The molecular weight excluding hydrogens is 342 g/mol. The molecule has 4 rings (SSSR count). The van der Waals surface area contributed by atoms with Crippen LogP contribution in [0.25, 0.3) is 0 Å². The standard InChI is InChI=1S/C21H32BFN2O2/c1-20(2)21(3,4)27-22(26-20)19-13-17(23)9-8-16(19)14-24-10-6-12-25-11-5-7-18(25)15-24/h8-9,13,18H,5-7,10-12,14-15H2,1-4H3. The Morgan fingerprint density at radius 2 is 1.78 bits per heavy atom. The first-order chi connectivity index (χ1) is 12.7. The summed E-state index contributed by atoms with van der Waals surface area (Å²) in [7, 11) is -0.518. The van der Waals surface area contributed by atoms with Gasteiger partial charge in [0.15, 0.2) is 0 Å². The third-order valence-electron chi connectivity index (χ3n) is 6.90. The molecule has 3 heterocycles. The van der Waals surface area contributed by atoms with Gasteiger partial charge >= 0.3 is 7.12 Å². The van der Waals surface area contributed by atoms with Gasteiger partial charge in [-0.15, -0.1) is 0 Å². The van der Waals surface area contributed by atoms with Crippen molar-refractivity contribution in [2.24, 2.45) is 0 Å². The van der Waals surface area contributed by atoms with Crippen LogP contribution in [-0.2, 0) is 15.9 Å². The zero-order chi connectivity index (χ0) is 19.2. The summed E-state index contributed by atoms with van der Waals surface area (Å²) >= 11 is 0. The number of hydrogen-bond acceptors (Lipinski definition) is 4. The van der Waals surface area contributed by atoms with E-state index in [9.17, 15) is 4.39 Å². The lowest BCUT2D eigenvalue weighted by atomic mass is 9.75. The molecule has 1 atom stereocenters. The molecule has 4 nitrogen and oxygen atoms in total. The van der Waals surface area contributed by atoms with E-state index in [1.165, 1.54) is 32.4 Å². The Bertz CT molecular complexity index is 681. The second-order valence-corrected chi connectivity index (χ2v) is 9.35. The van der Waals surface area contributed by atoms with E-state index >= 15 is 0 Å². The lowest BCUT2D eigenvalue weighted by Crippen LogP contribution is -2.41. The van der Waals surface area contributed by atoms with Gasteiger partial charge in [0.25, 0.3) is 0 Å². The summed E-state index contributed by atoms with van der Waals surface area (Å²) < 4.78 is 26.5. The van der Waals surface area contributed by atoms with E-state index in [2.05, 4.69) is 9.80 Å². The van der Waals surface area contributed by atoms with Crippen molar-refractivity contribution in [3.8, 4) is 0 Å². The second-order valence-electron chi connectivity index (χ2n) is 9.35. The van der Waals surface area contributed by atoms with Crippen molar-refractivity contribution in [1.29, 1.82) is 0 Å². The fourth-order valence-corrected chi connectivity index (χ4v) is 4.57. The van der Waals surface area contributed by atoms with E-state index in [0.717, 1.165) is 30.7 Å². The molecule has 1 aromatic carbocycles. The maximum atomic E-state index is 14.1. The quantitative estimate of drug-likeness (QED) is 0.760. The van der Waals surface area contributed by atoms with Gasteiger partial charge in [0.2, 0.25) is 0 Å². The van der Waals surface area contributed by atoms with Gasteiger partial charge in [-0.25, -0.2) is 4.39 Å². The fraction of sp³-hybridized carbons (Fsp3) is 0.714. The highest BCUT2D eigenvalue weighted by atomic mass is 19.1. The molecule has 0 N–H and O–H groups in total. The van der Waals surface area contributed by atoms with Crippen LogP contribution in [0.5, 0.6) is 0 Å². The van der Waals surface area contributed by atoms with E-state index in [0.29, 0.717) is 6.04 Å². The number of hydrogen-bond donors (Lipinski definition) is 0. The maximum absolute atomic E-state index is 14.1. The van der Waals surface area contributed by atoms with Crippen molar-refractivity contribution in [2.75, 3.05) is 26.2 Å². The molecule has 0 aliphatic carbocycles. The normalized spacial score (nSPS) is 28.3. The van der Waals surface area contributed by atoms with Crippen molar-refractivity contribution in [3.05, 3.63) is 29.6 Å². The number of halogens is 1. The topological polar surface area (TPSA) is 24.9 Å². The molecule has 0 spiro atoms. The highest BCUT2D eigenvalue weighted by Gasteiger charge is 2.52. The van der Waals surface area contributed by atoms with Gasteiger partial charge in [0, 0.05) is 19.1 Å². The van der Waals surface area contributed by atoms with Gasteiger partial charge in [-0.1, -0.05) is 6.07 Å². The van der Waals surface area contributed by atoms with E-state index in [-0.39, 0.29) is 5.82 Å². The van der Waals surface area contributed by atoms with Crippen molar-refractivity contribution >= 4 is 12.6 Å². The summed E-state index contributed by atoms with van der Waals surface area (Å²) in [5.41, 5.74) is 1.10. The van der Waals surface area contributed by atoms with Crippen LogP contribution in [0.15, 0.2) is 18.2 Å². The SMILES string of the molecule is CC1(C)OB(c2cc(F)ccc2CN2CCCN3CCCC3C2)OC1(C)C. The lowest BCUT2D eigenvalue weighted by molar-refractivity contribution is 0.00578. The molecule has 0 amide bonds. The van der Waals surface area contributed by atoms with Gasteiger partial charge < -0.3 is 9.31 Å². The summed E-state index contributed by atoms with van der Waals surface area (Å²) in [6.45, 7) is 13.6. The Labute approximate surface area is 163 Å². The van der Waals surface area contributed by atoms with Crippen LogP contribution in [0.1, 0.15) is 52.5 Å². The van der Waals surface area contributed by atoms with Crippen LogP contribution in [0.4, 0.5) is 4.39 Å². The molecule has 148 valence electrons. The zero-order valence-electron chi connectivity index (χ0n) is 17.1. The van der Waals surface area contributed by atoms with Crippen LogP contribution in [0.3, 0.4) is 0 Å². The number of benzene rings is 1. The summed E-state index contributed by atoms with van der Waals surface area (Å²) in [6.07, 6.45) is 3.81. The van der Waals surface area contributed by atoms with Gasteiger partial charge in [0.1, 0.15) is 5.82 Å². The van der Waals surface area contributed by atoms with E-state index in [4.69, 9.17) is 9.31 Å². The Morgan fingerprint density at radius 1 is 1.07 bits per heavy atom. The molecule has 3 aliphatic rings. The lowest BCUT2D eigenvalue weighted by Gasteiger charge is -2.32. The van der Waals surface area contributed by atoms with E-state index in [1.807, 2.05) is 33.8 Å². The minimum atomic E-state index is -0.518. The molecule has 0 saturated carbocycles. The molecule has 1 unspecified atom stereocenters. The average Bonchev–Trinajstić information content (AvgIpc) is 3.04. The molecule has 0 aromatic heterocycles. The molecule has 1 aromatic rings. The van der Waals surface area contributed by atoms with Gasteiger partial charge in [-0.3, -0.25) is 9.80 Å². The predicted octanol–water partition coefficient (Wildman–Crippen LogP) is 2.80. The molecule has 3 fully saturated rings. The number of nitrogens with zero attached hydrogens (tertiary/aromatic N) is 2. The van der Waals surface area contributed by atoms with Gasteiger partial charge in [-0.2, -0.15) is 0 Å². The summed E-state index contributed by atoms with van der Waals surface area (Å²) in [5.74, 6) is -0.235. The summed E-state index contributed by atoms with van der Waals surface area (Å²) in [5, 5.41) is 0. The Kier molecular flexibility index (Phi) is 5.12. The van der Waals surface area contributed by atoms with Gasteiger partial charge in [0.05, 0.1) is 11.2 Å². The molecular formula is C21H32BFN2O2. The fourth-order valence-electron chi connectivity index (χ4n) is 4.57. The van der Waals surface area contributed by atoms with Crippen molar-refractivity contribution in [2.45, 2.75) is 70.7 Å². The average molecular weight is 374 g/mol. The Balaban J connectivity index is 1.55. The molecule has 3 aliphatic heterocycles. The van der Waals surface area contributed by atoms with Crippen LogP contribution in [-0.4, -0.2) is 60.3 Å². The Morgan fingerprint density at radius 3 is 2.52 bits per heavy atom. The van der Waals surface area contributed by atoms with Gasteiger partial charge in [-0.05, 0) is 89.8 Å². The van der Waals surface area contributed by atoms with E-state index in [1.54, 1.807) is 12.1 Å². The van der Waals surface area contributed by atoms with Crippen LogP contribution in [0, 0.1) is 5.82 Å². The molecule has 0 bridgehead atoms.